The van der Waals surface area contributed by atoms with Crippen molar-refractivity contribution in [2.75, 3.05) is 0 Å². The van der Waals surface area contributed by atoms with Crippen LogP contribution in [-0.2, 0) is 19.0 Å². The molecule has 5 heteroatoms. The van der Waals surface area contributed by atoms with Crippen molar-refractivity contribution in [2.45, 2.75) is 18.9 Å². The van der Waals surface area contributed by atoms with Crippen LogP contribution in [0, 0.1) is 6.92 Å². The molecule has 0 amide bonds. The summed E-state index contributed by atoms with van der Waals surface area (Å²) in [5.41, 5.74) is 3.19. The lowest BCUT2D eigenvalue weighted by atomic mass is 10.1. The summed E-state index contributed by atoms with van der Waals surface area (Å²) >= 11 is 6.98. The molecule has 0 saturated carbocycles. The van der Waals surface area contributed by atoms with E-state index in [2.05, 4.69) is 49.1 Å². The zero-order valence-electron chi connectivity index (χ0n) is 10.3. The minimum atomic E-state index is 0.489. The van der Waals surface area contributed by atoms with E-state index in [1.54, 1.807) is 4.68 Å². The predicted molar refractivity (Wildman–Crippen MR) is 79.1 cm³/mol. The van der Waals surface area contributed by atoms with Gasteiger partial charge in [-0.25, -0.2) is 0 Å². The van der Waals surface area contributed by atoms with Crippen molar-refractivity contribution < 1.29 is 4.74 Å². The third-order valence-electron chi connectivity index (χ3n) is 2.59. The SMILES string of the molecule is Cc1cc(Br)cc(CBr)c1OCc1ccn(C)n1. The van der Waals surface area contributed by atoms with Crippen LogP contribution in [0.5, 0.6) is 5.75 Å². The van der Waals surface area contributed by atoms with Gasteiger partial charge in [0.15, 0.2) is 0 Å². The van der Waals surface area contributed by atoms with Gasteiger partial charge in [-0.2, -0.15) is 5.10 Å². The van der Waals surface area contributed by atoms with Gasteiger partial charge in [0, 0.05) is 28.6 Å². The second-order valence-electron chi connectivity index (χ2n) is 4.11. The average molecular weight is 374 g/mol. The molecule has 1 aromatic carbocycles. The van der Waals surface area contributed by atoms with Crippen molar-refractivity contribution in [2.24, 2.45) is 7.05 Å². The van der Waals surface area contributed by atoms with Crippen LogP contribution in [0.3, 0.4) is 0 Å². The number of rotatable bonds is 4. The first-order valence-corrected chi connectivity index (χ1v) is 7.48. The number of aromatic nitrogens is 2. The van der Waals surface area contributed by atoms with Crippen LogP contribution >= 0.6 is 31.9 Å². The van der Waals surface area contributed by atoms with Gasteiger partial charge in [-0.3, -0.25) is 4.68 Å². The molecular formula is C13H14Br2N2O. The predicted octanol–water partition coefficient (Wildman–Crippen LogP) is 3.96. The highest BCUT2D eigenvalue weighted by Crippen LogP contribution is 2.30. The summed E-state index contributed by atoms with van der Waals surface area (Å²) in [6.07, 6.45) is 1.92. The summed E-state index contributed by atoms with van der Waals surface area (Å²) < 4.78 is 8.73. The fourth-order valence-electron chi connectivity index (χ4n) is 1.79. The molecular weight excluding hydrogens is 360 g/mol. The standard InChI is InChI=1S/C13H14Br2N2O/c1-9-5-11(15)6-10(7-14)13(9)18-8-12-3-4-17(2)16-12/h3-6H,7-8H2,1-2H3. The lowest BCUT2D eigenvalue weighted by Gasteiger charge is -2.12. The van der Waals surface area contributed by atoms with E-state index >= 15 is 0 Å². The number of benzene rings is 1. The van der Waals surface area contributed by atoms with Crippen LogP contribution in [0.25, 0.3) is 0 Å². The van der Waals surface area contributed by atoms with E-state index in [4.69, 9.17) is 4.74 Å². The molecule has 0 spiro atoms. The Morgan fingerprint density at radius 2 is 2.17 bits per heavy atom. The van der Waals surface area contributed by atoms with E-state index in [1.165, 1.54) is 0 Å². The normalized spacial score (nSPS) is 10.7. The maximum atomic E-state index is 5.89. The van der Waals surface area contributed by atoms with Crippen LogP contribution in [0.15, 0.2) is 28.9 Å². The Bertz CT molecular complexity index is 552. The molecule has 0 aliphatic carbocycles. The largest absolute Gasteiger partial charge is 0.487 e. The van der Waals surface area contributed by atoms with Gasteiger partial charge >= 0.3 is 0 Å². The monoisotopic (exact) mass is 372 g/mol. The maximum absolute atomic E-state index is 5.89. The minimum absolute atomic E-state index is 0.489. The first kappa shape index (κ1) is 13.6. The van der Waals surface area contributed by atoms with Gasteiger partial charge in [0.25, 0.3) is 0 Å². The van der Waals surface area contributed by atoms with E-state index in [0.717, 1.165) is 32.4 Å². The van der Waals surface area contributed by atoms with Gasteiger partial charge in [-0.1, -0.05) is 31.9 Å². The van der Waals surface area contributed by atoms with Gasteiger partial charge < -0.3 is 4.74 Å². The zero-order valence-corrected chi connectivity index (χ0v) is 13.5. The third kappa shape index (κ3) is 3.14. The first-order valence-electron chi connectivity index (χ1n) is 5.56. The highest BCUT2D eigenvalue weighted by atomic mass is 79.9. The number of alkyl halides is 1. The molecule has 1 heterocycles. The second-order valence-corrected chi connectivity index (χ2v) is 5.59. The number of hydrogen-bond acceptors (Lipinski definition) is 2. The van der Waals surface area contributed by atoms with Crippen molar-refractivity contribution in [3.05, 3.63) is 45.7 Å². The van der Waals surface area contributed by atoms with Gasteiger partial charge in [0.05, 0.1) is 5.69 Å². The Morgan fingerprint density at radius 3 is 2.78 bits per heavy atom. The lowest BCUT2D eigenvalue weighted by molar-refractivity contribution is 0.295. The van der Waals surface area contributed by atoms with E-state index in [-0.39, 0.29) is 0 Å². The molecule has 2 rings (SSSR count). The van der Waals surface area contributed by atoms with Crippen LogP contribution < -0.4 is 4.74 Å². The highest BCUT2D eigenvalue weighted by Gasteiger charge is 2.09. The Kier molecular flexibility index (Phi) is 4.45. The lowest BCUT2D eigenvalue weighted by Crippen LogP contribution is -2.01. The topological polar surface area (TPSA) is 27.1 Å². The fourth-order valence-corrected chi connectivity index (χ4v) is 2.83. The minimum Gasteiger partial charge on any atom is -0.487 e. The number of halogens is 2. The number of aryl methyl sites for hydroxylation is 2. The Labute approximate surface area is 123 Å². The first-order chi connectivity index (χ1) is 8.60. The summed E-state index contributed by atoms with van der Waals surface area (Å²) in [5, 5.41) is 5.07. The molecule has 18 heavy (non-hydrogen) atoms. The molecule has 0 unspecified atom stereocenters. The summed E-state index contributed by atoms with van der Waals surface area (Å²) in [7, 11) is 1.90. The molecule has 0 N–H and O–H groups in total. The zero-order chi connectivity index (χ0) is 13.1. The molecule has 0 fully saturated rings. The molecule has 2 aromatic rings. The van der Waals surface area contributed by atoms with Gasteiger partial charge in [-0.05, 0) is 30.7 Å². The van der Waals surface area contributed by atoms with E-state index in [9.17, 15) is 0 Å². The molecule has 0 aliphatic heterocycles. The summed E-state index contributed by atoms with van der Waals surface area (Å²) in [6, 6.07) is 6.08. The molecule has 96 valence electrons. The van der Waals surface area contributed by atoms with E-state index < -0.39 is 0 Å². The molecule has 0 atom stereocenters. The van der Waals surface area contributed by atoms with Crippen LogP contribution in [0.4, 0.5) is 0 Å². The molecule has 0 saturated heterocycles. The van der Waals surface area contributed by atoms with Gasteiger partial charge in [0.2, 0.25) is 0 Å². The third-order valence-corrected chi connectivity index (χ3v) is 3.66. The van der Waals surface area contributed by atoms with Gasteiger partial charge in [-0.15, -0.1) is 0 Å². The highest BCUT2D eigenvalue weighted by molar-refractivity contribution is 9.10. The average Bonchev–Trinajstić information content (AvgIpc) is 2.73. The molecule has 0 aliphatic rings. The summed E-state index contributed by atoms with van der Waals surface area (Å²) in [6.45, 7) is 2.54. The van der Waals surface area contributed by atoms with Gasteiger partial charge in [0.1, 0.15) is 12.4 Å². The van der Waals surface area contributed by atoms with Crippen LogP contribution in [-0.4, -0.2) is 9.78 Å². The summed E-state index contributed by atoms with van der Waals surface area (Å²) in [4.78, 5) is 0. The Balaban J connectivity index is 2.18. The van der Waals surface area contributed by atoms with Crippen LogP contribution in [0.2, 0.25) is 0 Å². The second kappa shape index (κ2) is 5.89. The summed E-state index contributed by atoms with van der Waals surface area (Å²) in [5.74, 6) is 0.931. The van der Waals surface area contributed by atoms with Crippen LogP contribution in [0.1, 0.15) is 16.8 Å². The quantitative estimate of drug-likeness (QED) is 0.758. The number of nitrogens with zero attached hydrogens (tertiary/aromatic N) is 2. The van der Waals surface area contributed by atoms with E-state index in [1.807, 2.05) is 26.2 Å². The molecule has 3 nitrogen and oxygen atoms in total. The number of hydrogen-bond donors (Lipinski definition) is 0. The molecule has 0 bridgehead atoms. The Morgan fingerprint density at radius 1 is 1.39 bits per heavy atom. The van der Waals surface area contributed by atoms with Crippen molar-refractivity contribution in [3.63, 3.8) is 0 Å². The van der Waals surface area contributed by atoms with Crippen molar-refractivity contribution in [1.82, 2.24) is 9.78 Å². The fraction of sp³-hybridized carbons (Fsp3) is 0.308. The van der Waals surface area contributed by atoms with Crippen molar-refractivity contribution in [1.29, 1.82) is 0 Å². The Hall–Kier alpha value is -0.810. The number of ether oxygens (including phenoxy) is 1. The molecule has 1 aromatic heterocycles. The smallest absolute Gasteiger partial charge is 0.132 e. The van der Waals surface area contributed by atoms with Crippen molar-refractivity contribution in [3.8, 4) is 5.75 Å². The molecule has 0 radical (unpaired) electrons. The van der Waals surface area contributed by atoms with Crippen molar-refractivity contribution >= 4 is 31.9 Å². The van der Waals surface area contributed by atoms with E-state index in [0.29, 0.717) is 6.61 Å². The maximum Gasteiger partial charge on any atom is 0.132 e.